The Morgan fingerprint density at radius 3 is 2.07 bits per heavy atom. The molecule has 1 saturated heterocycles. The predicted octanol–water partition coefficient (Wildman–Crippen LogP) is -1.10. The highest BCUT2D eigenvalue weighted by Crippen LogP contribution is 2.01. The van der Waals surface area contributed by atoms with E-state index in [1.54, 1.807) is 23.8 Å². The number of carbonyl (C=O) groups is 2. The summed E-state index contributed by atoms with van der Waals surface area (Å²) in [5.41, 5.74) is 0. The second-order valence-electron chi connectivity index (χ2n) is 3.42. The fraction of sp³-hybridized carbons (Fsp3) is 0.778. The molecule has 0 aliphatic carbocycles. The van der Waals surface area contributed by atoms with Crippen LogP contribution >= 0.6 is 0 Å². The van der Waals surface area contributed by atoms with E-state index in [2.05, 4.69) is 5.32 Å². The number of hydrogen-bond donors (Lipinski definition) is 1. The minimum absolute atomic E-state index is 0.0886. The van der Waals surface area contributed by atoms with Crippen LogP contribution in [0, 0.1) is 0 Å². The van der Waals surface area contributed by atoms with Crippen LogP contribution in [0.25, 0.3) is 0 Å². The molecule has 1 aliphatic rings. The molecular formula is C9H17N3O2. The van der Waals surface area contributed by atoms with E-state index in [4.69, 9.17) is 0 Å². The number of hydrogen-bond acceptors (Lipinski definition) is 3. The van der Waals surface area contributed by atoms with Gasteiger partial charge in [0, 0.05) is 33.1 Å². The quantitative estimate of drug-likeness (QED) is 0.614. The Labute approximate surface area is 84.0 Å². The Morgan fingerprint density at radius 2 is 1.64 bits per heavy atom. The van der Waals surface area contributed by atoms with Crippen molar-refractivity contribution >= 4 is 11.8 Å². The zero-order chi connectivity index (χ0) is 10.6. The molecule has 0 aromatic carbocycles. The molecule has 1 N–H and O–H groups in total. The van der Waals surface area contributed by atoms with Crippen molar-refractivity contribution in [1.29, 1.82) is 0 Å². The molecule has 1 fully saturated rings. The lowest BCUT2D eigenvalue weighted by atomic mass is 10.3. The Morgan fingerprint density at radius 1 is 1.14 bits per heavy atom. The highest BCUT2D eigenvalue weighted by molar-refractivity contribution is 5.79. The van der Waals surface area contributed by atoms with Crippen LogP contribution in [0.3, 0.4) is 0 Å². The van der Waals surface area contributed by atoms with Gasteiger partial charge in [-0.15, -0.1) is 0 Å². The van der Waals surface area contributed by atoms with Gasteiger partial charge in [-0.25, -0.2) is 0 Å². The van der Waals surface area contributed by atoms with Gasteiger partial charge in [-0.2, -0.15) is 0 Å². The zero-order valence-electron chi connectivity index (χ0n) is 8.75. The first-order valence-electron chi connectivity index (χ1n) is 4.83. The minimum Gasteiger partial charge on any atom is -0.339 e. The maximum absolute atomic E-state index is 11.4. The molecule has 5 heteroatoms. The van der Waals surface area contributed by atoms with Crippen LogP contribution in [0.1, 0.15) is 6.92 Å². The Bertz CT molecular complexity index is 222. The minimum atomic E-state index is 0.0886. The zero-order valence-corrected chi connectivity index (χ0v) is 8.75. The lowest BCUT2D eigenvalue weighted by Gasteiger charge is -2.34. The summed E-state index contributed by atoms with van der Waals surface area (Å²) in [4.78, 5) is 26.0. The Hall–Kier alpha value is -1.10. The average Bonchev–Trinajstić information content (AvgIpc) is 2.18. The van der Waals surface area contributed by atoms with E-state index in [9.17, 15) is 9.59 Å². The van der Waals surface area contributed by atoms with Crippen LogP contribution in [0.2, 0.25) is 0 Å². The topological polar surface area (TPSA) is 52.7 Å². The average molecular weight is 199 g/mol. The number of piperazine rings is 1. The largest absolute Gasteiger partial charge is 0.339 e. The second kappa shape index (κ2) is 4.95. The van der Waals surface area contributed by atoms with Crippen LogP contribution in [0.5, 0.6) is 0 Å². The number of amides is 2. The van der Waals surface area contributed by atoms with Crippen LogP contribution in [0.4, 0.5) is 0 Å². The van der Waals surface area contributed by atoms with Crippen molar-refractivity contribution in [1.82, 2.24) is 15.1 Å². The summed E-state index contributed by atoms with van der Waals surface area (Å²) in [7, 11) is 1.75. The molecule has 0 unspecified atom stereocenters. The van der Waals surface area contributed by atoms with Gasteiger partial charge < -0.3 is 15.1 Å². The second-order valence-corrected chi connectivity index (χ2v) is 3.42. The normalized spacial score (nSPS) is 17.0. The van der Waals surface area contributed by atoms with Crippen molar-refractivity contribution in [3.63, 3.8) is 0 Å². The van der Waals surface area contributed by atoms with E-state index in [0.717, 1.165) is 0 Å². The van der Waals surface area contributed by atoms with E-state index in [1.807, 2.05) is 0 Å². The van der Waals surface area contributed by atoms with E-state index >= 15 is 0 Å². The molecule has 2 amide bonds. The van der Waals surface area contributed by atoms with Crippen molar-refractivity contribution in [2.24, 2.45) is 0 Å². The van der Waals surface area contributed by atoms with E-state index in [-0.39, 0.29) is 11.8 Å². The molecule has 0 radical (unpaired) electrons. The monoisotopic (exact) mass is 199 g/mol. The van der Waals surface area contributed by atoms with E-state index < -0.39 is 0 Å². The molecule has 0 aromatic heterocycles. The SMILES string of the molecule is CNCC(=O)N1CCN(C(C)=O)CC1. The van der Waals surface area contributed by atoms with Gasteiger partial charge in [0.25, 0.3) is 0 Å². The fourth-order valence-electron chi connectivity index (χ4n) is 1.53. The van der Waals surface area contributed by atoms with Crippen molar-refractivity contribution in [2.45, 2.75) is 6.92 Å². The van der Waals surface area contributed by atoms with Gasteiger partial charge in [0.2, 0.25) is 11.8 Å². The number of nitrogens with one attached hydrogen (secondary N) is 1. The van der Waals surface area contributed by atoms with Crippen molar-refractivity contribution in [3.05, 3.63) is 0 Å². The molecule has 0 bridgehead atoms. The molecule has 80 valence electrons. The number of likely N-dealkylation sites (N-methyl/N-ethyl adjacent to an activating group) is 1. The van der Waals surface area contributed by atoms with Gasteiger partial charge in [0.05, 0.1) is 6.54 Å². The molecule has 14 heavy (non-hydrogen) atoms. The first-order chi connectivity index (χ1) is 6.65. The first-order valence-corrected chi connectivity index (χ1v) is 4.83. The molecule has 0 aromatic rings. The smallest absolute Gasteiger partial charge is 0.236 e. The maximum Gasteiger partial charge on any atom is 0.236 e. The molecule has 0 spiro atoms. The van der Waals surface area contributed by atoms with Crippen LogP contribution in [-0.2, 0) is 9.59 Å². The van der Waals surface area contributed by atoms with Crippen LogP contribution in [0.15, 0.2) is 0 Å². The molecular weight excluding hydrogens is 182 g/mol. The van der Waals surface area contributed by atoms with Gasteiger partial charge in [-0.3, -0.25) is 9.59 Å². The Kier molecular flexibility index (Phi) is 3.88. The summed E-state index contributed by atoms with van der Waals surface area (Å²) in [6.07, 6.45) is 0. The summed E-state index contributed by atoms with van der Waals surface area (Å²) >= 11 is 0. The van der Waals surface area contributed by atoms with Gasteiger partial charge in [-0.1, -0.05) is 0 Å². The highest BCUT2D eigenvalue weighted by atomic mass is 16.2. The third-order valence-electron chi connectivity index (χ3n) is 2.41. The summed E-state index contributed by atoms with van der Waals surface area (Å²) in [6, 6.07) is 0. The summed E-state index contributed by atoms with van der Waals surface area (Å²) in [5, 5.41) is 2.83. The van der Waals surface area contributed by atoms with Crippen LogP contribution in [-0.4, -0.2) is 61.4 Å². The lowest BCUT2D eigenvalue weighted by Crippen LogP contribution is -2.51. The van der Waals surface area contributed by atoms with Crippen molar-refractivity contribution in [2.75, 3.05) is 39.8 Å². The maximum atomic E-state index is 11.4. The third kappa shape index (κ3) is 2.70. The standard InChI is InChI=1S/C9H17N3O2/c1-8(13)11-3-5-12(6-4-11)9(14)7-10-2/h10H,3-7H2,1-2H3. The van der Waals surface area contributed by atoms with Crippen molar-refractivity contribution < 1.29 is 9.59 Å². The highest BCUT2D eigenvalue weighted by Gasteiger charge is 2.21. The predicted molar refractivity (Wildman–Crippen MR) is 52.8 cm³/mol. The van der Waals surface area contributed by atoms with Gasteiger partial charge in [-0.05, 0) is 7.05 Å². The van der Waals surface area contributed by atoms with E-state index in [0.29, 0.717) is 32.7 Å². The van der Waals surface area contributed by atoms with Crippen molar-refractivity contribution in [3.8, 4) is 0 Å². The molecule has 1 aliphatic heterocycles. The summed E-state index contributed by atoms with van der Waals surface area (Å²) in [5.74, 6) is 0.196. The number of carbonyl (C=O) groups excluding carboxylic acids is 2. The van der Waals surface area contributed by atoms with Gasteiger partial charge in [0.1, 0.15) is 0 Å². The Balaban J connectivity index is 2.35. The molecule has 5 nitrogen and oxygen atoms in total. The summed E-state index contributed by atoms with van der Waals surface area (Å²) in [6.45, 7) is 4.56. The molecule has 1 heterocycles. The third-order valence-corrected chi connectivity index (χ3v) is 2.41. The number of nitrogens with zero attached hydrogens (tertiary/aromatic N) is 2. The lowest BCUT2D eigenvalue weighted by molar-refractivity contribution is -0.137. The van der Waals surface area contributed by atoms with Gasteiger partial charge >= 0.3 is 0 Å². The number of rotatable bonds is 2. The van der Waals surface area contributed by atoms with Crippen LogP contribution < -0.4 is 5.32 Å². The molecule has 0 atom stereocenters. The van der Waals surface area contributed by atoms with Gasteiger partial charge in [0.15, 0.2) is 0 Å². The van der Waals surface area contributed by atoms with E-state index in [1.165, 1.54) is 0 Å². The summed E-state index contributed by atoms with van der Waals surface area (Å²) < 4.78 is 0. The fourth-order valence-corrected chi connectivity index (χ4v) is 1.53. The molecule has 0 saturated carbocycles. The molecule has 1 rings (SSSR count). The first kappa shape index (κ1) is 11.0.